The number of allylic oxidation sites excluding steroid dienone is 1. The summed E-state index contributed by atoms with van der Waals surface area (Å²) in [5.74, 6) is -1.67. The summed E-state index contributed by atoms with van der Waals surface area (Å²) in [6.07, 6.45) is 2.31. The maximum atomic E-state index is 13.1. The lowest BCUT2D eigenvalue weighted by molar-refractivity contribution is 0.582. The highest BCUT2D eigenvalue weighted by Gasteiger charge is 2.08. The minimum absolute atomic E-state index is 0.0907. The lowest BCUT2D eigenvalue weighted by Crippen LogP contribution is -1.87. The van der Waals surface area contributed by atoms with Crippen LogP contribution in [0.5, 0.6) is 0 Å². The maximum Gasteiger partial charge on any atom is 0.152 e. The van der Waals surface area contributed by atoms with Gasteiger partial charge in [0.25, 0.3) is 0 Å². The van der Waals surface area contributed by atoms with Crippen LogP contribution in [-0.4, -0.2) is 0 Å². The van der Waals surface area contributed by atoms with Crippen molar-refractivity contribution in [3.8, 4) is 6.07 Å². The van der Waals surface area contributed by atoms with Gasteiger partial charge in [-0.3, -0.25) is 0 Å². The van der Waals surface area contributed by atoms with Gasteiger partial charge in [-0.05, 0) is 18.2 Å². The highest BCUT2D eigenvalue weighted by atomic mass is 35.5. The number of hydrogen-bond acceptors (Lipinski definition) is 1. The van der Waals surface area contributed by atoms with Crippen LogP contribution in [0.4, 0.5) is 8.78 Å². The fourth-order valence-corrected chi connectivity index (χ4v) is 0.969. The van der Waals surface area contributed by atoms with Crippen LogP contribution in [-0.2, 0) is 0 Å². The highest BCUT2D eigenvalue weighted by Crippen LogP contribution is 2.22. The molecular formula is C9H4ClF2N. The number of halogens is 3. The molecule has 0 N–H and O–H groups in total. The Labute approximate surface area is 78.9 Å². The van der Waals surface area contributed by atoms with E-state index < -0.39 is 16.7 Å². The number of nitriles is 1. The van der Waals surface area contributed by atoms with E-state index in [2.05, 4.69) is 0 Å². The van der Waals surface area contributed by atoms with Crippen LogP contribution in [0.1, 0.15) is 5.56 Å². The summed E-state index contributed by atoms with van der Waals surface area (Å²) in [7, 11) is 0. The second-order valence-electron chi connectivity index (χ2n) is 2.23. The first-order valence-corrected chi connectivity index (χ1v) is 3.74. The van der Waals surface area contributed by atoms with Gasteiger partial charge in [-0.25, -0.2) is 8.78 Å². The van der Waals surface area contributed by atoms with Gasteiger partial charge in [0.15, 0.2) is 5.82 Å². The largest absolute Gasteiger partial charge is 0.205 e. The maximum absolute atomic E-state index is 13.1. The summed E-state index contributed by atoms with van der Waals surface area (Å²) < 4.78 is 25.7. The zero-order valence-corrected chi connectivity index (χ0v) is 7.15. The average Bonchev–Trinajstić information content (AvgIpc) is 2.13. The number of nitrogens with zero attached hydrogens (tertiary/aromatic N) is 1. The van der Waals surface area contributed by atoms with Crippen molar-refractivity contribution in [1.82, 2.24) is 0 Å². The summed E-state index contributed by atoms with van der Waals surface area (Å²) in [5.41, 5.74) is 0.0907. The van der Waals surface area contributed by atoms with Crippen molar-refractivity contribution in [2.24, 2.45) is 0 Å². The smallest absolute Gasteiger partial charge is 0.152 e. The van der Waals surface area contributed by atoms with Crippen LogP contribution in [0.15, 0.2) is 18.2 Å². The highest BCUT2D eigenvalue weighted by molar-refractivity contribution is 6.31. The molecule has 0 atom stereocenters. The number of rotatable bonds is 1. The summed E-state index contributed by atoms with van der Waals surface area (Å²) in [6.45, 7) is 0. The Hall–Kier alpha value is -1.40. The lowest BCUT2D eigenvalue weighted by atomic mass is 10.2. The van der Waals surface area contributed by atoms with Gasteiger partial charge in [-0.1, -0.05) is 11.6 Å². The van der Waals surface area contributed by atoms with Crippen LogP contribution >= 0.6 is 11.6 Å². The third-order valence-electron chi connectivity index (χ3n) is 1.40. The second-order valence-corrected chi connectivity index (χ2v) is 2.60. The van der Waals surface area contributed by atoms with Gasteiger partial charge < -0.3 is 0 Å². The SMILES string of the molecule is N#C/C=C/c1ccc(F)c(Cl)c1F. The standard InChI is InChI=1S/C9H4ClF2N/c10-8-7(11)4-3-6(9(8)12)2-1-5-13/h1-4H/b2-1+. The van der Waals surface area contributed by atoms with Crippen molar-refractivity contribution in [2.45, 2.75) is 0 Å². The van der Waals surface area contributed by atoms with Gasteiger partial charge in [-0.15, -0.1) is 0 Å². The molecule has 1 aromatic carbocycles. The molecule has 0 aromatic heterocycles. The molecule has 0 saturated carbocycles. The van der Waals surface area contributed by atoms with Crippen molar-refractivity contribution in [1.29, 1.82) is 5.26 Å². The third kappa shape index (κ3) is 2.04. The van der Waals surface area contributed by atoms with E-state index in [1.165, 1.54) is 12.1 Å². The second kappa shape index (κ2) is 4.01. The van der Waals surface area contributed by atoms with E-state index in [0.29, 0.717) is 0 Å². The molecule has 13 heavy (non-hydrogen) atoms. The minimum atomic E-state index is -0.854. The normalized spacial score (nSPS) is 10.3. The number of benzene rings is 1. The van der Waals surface area contributed by atoms with Crippen LogP contribution in [0.2, 0.25) is 5.02 Å². The van der Waals surface area contributed by atoms with Crippen molar-refractivity contribution in [3.05, 3.63) is 40.4 Å². The molecule has 0 saturated heterocycles. The van der Waals surface area contributed by atoms with Crippen LogP contribution in [0.3, 0.4) is 0 Å². The molecule has 0 aliphatic carbocycles. The molecule has 0 radical (unpaired) electrons. The van der Waals surface area contributed by atoms with Gasteiger partial charge >= 0.3 is 0 Å². The van der Waals surface area contributed by atoms with Crippen molar-refractivity contribution in [3.63, 3.8) is 0 Å². The lowest BCUT2D eigenvalue weighted by Gasteiger charge is -1.99. The molecule has 66 valence electrons. The predicted molar refractivity (Wildman–Crippen MR) is 46.0 cm³/mol. The first-order chi connectivity index (χ1) is 6.16. The third-order valence-corrected chi connectivity index (χ3v) is 1.75. The van der Waals surface area contributed by atoms with Gasteiger partial charge in [0.05, 0.1) is 6.07 Å². The molecular weight excluding hydrogens is 196 g/mol. The number of hydrogen-bond donors (Lipinski definition) is 0. The molecule has 0 unspecified atom stereocenters. The molecule has 4 heteroatoms. The Morgan fingerprint density at radius 2 is 2.08 bits per heavy atom. The fourth-order valence-electron chi connectivity index (χ4n) is 0.797. The quantitative estimate of drug-likeness (QED) is 0.504. The molecule has 0 spiro atoms. The molecule has 1 nitrogen and oxygen atoms in total. The van der Waals surface area contributed by atoms with E-state index in [1.54, 1.807) is 6.07 Å². The van der Waals surface area contributed by atoms with E-state index in [0.717, 1.165) is 12.1 Å². The Morgan fingerprint density at radius 3 is 2.69 bits per heavy atom. The molecule has 1 aromatic rings. The van der Waals surface area contributed by atoms with Crippen LogP contribution in [0.25, 0.3) is 6.08 Å². The summed E-state index contributed by atoms with van der Waals surface area (Å²) in [6, 6.07) is 3.95. The fraction of sp³-hybridized carbons (Fsp3) is 0. The van der Waals surface area contributed by atoms with Crippen LogP contribution < -0.4 is 0 Å². The Kier molecular flexibility index (Phi) is 2.99. The summed E-state index contributed by atoms with van der Waals surface area (Å²) in [4.78, 5) is 0. The van der Waals surface area contributed by atoms with E-state index in [4.69, 9.17) is 16.9 Å². The first kappa shape index (κ1) is 9.69. The molecule has 1 rings (SSSR count). The monoisotopic (exact) mass is 199 g/mol. The average molecular weight is 200 g/mol. The van der Waals surface area contributed by atoms with E-state index >= 15 is 0 Å². The van der Waals surface area contributed by atoms with Gasteiger partial charge in [0.2, 0.25) is 0 Å². The zero-order valence-electron chi connectivity index (χ0n) is 6.39. The van der Waals surface area contributed by atoms with Crippen molar-refractivity contribution >= 4 is 17.7 Å². The molecule has 0 aliphatic heterocycles. The Morgan fingerprint density at radius 1 is 1.38 bits per heavy atom. The Balaban J connectivity index is 3.20. The molecule has 0 amide bonds. The van der Waals surface area contributed by atoms with E-state index in [9.17, 15) is 8.78 Å². The summed E-state index contributed by atoms with van der Waals surface area (Å²) >= 11 is 5.29. The molecule has 0 aliphatic rings. The molecule has 0 bridgehead atoms. The first-order valence-electron chi connectivity index (χ1n) is 3.36. The van der Waals surface area contributed by atoms with Crippen molar-refractivity contribution < 1.29 is 8.78 Å². The van der Waals surface area contributed by atoms with Crippen LogP contribution in [0, 0.1) is 23.0 Å². The minimum Gasteiger partial charge on any atom is -0.205 e. The van der Waals surface area contributed by atoms with Gasteiger partial charge in [-0.2, -0.15) is 5.26 Å². The topological polar surface area (TPSA) is 23.8 Å². The van der Waals surface area contributed by atoms with Gasteiger partial charge in [0, 0.05) is 11.6 Å². The van der Waals surface area contributed by atoms with E-state index in [-0.39, 0.29) is 5.56 Å². The van der Waals surface area contributed by atoms with Crippen molar-refractivity contribution in [2.75, 3.05) is 0 Å². The van der Waals surface area contributed by atoms with E-state index in [1.807, 2.05) is 0 Å². The zero-order chi connectivity index (χ0) is 9.84. The Bertz CT molecular complexity index is 393. The molecule has 0 heterocycles. The van der Waals surface area contributed by atoms with Gasteiger partial charge in [0.1, 0.15) is 10.8 Å². The summed E-state index contributed by atoms with van der Waals surface area (Å²) in [5, 5.41) is 7.62. The predicted octanol–water partition coefficient (Wildman–Crippen LogP) is 3.15. The molecule has 0 fully saturated rings.